The summed E-state index contributed by atoms with van der Waals surface area (Å²) in [6.07, 6.45) is 1.98. The van der Waals surface area contributed by atoms with Crippen molar-refractivity contribution >= 4 is 28.2 Å². The minimum absolute atomic E-state index is 0.134. The van der Waals surface area contributed by atoms with Crippen molar-refractivity contribution in [2.75, 3.05) is 18.5 Å². The zero-order chi connectivity index (χ0) is 22.3. The maximum Gasteiger partial charge on any atom is 0.341 e. The molecule has 0 aliphatic rings. The first-order valence-corrected chi connectivity index (χ1v) is 11.3. The molecule has 5 nitrogen and oxygen atoms in total. The first kappa shape index (κ1) is 23.9. The van der Waals surface area contributed by atoms with Crippen molar-refractivity contribution < 1.29 is 19.1 Å². The summed E-state index contributed by atoms with van der Waals surface area (Å²) in [5.41, 5.74) is 2.75. The lowest BCUT2D eigenvalue weighted by molar-refractivity contribution is -0.116. The molecule has 0 saturated carbocycles. The number of esters is 1. The number of thiophene rings is 1. The van der Waals surface area contributed by atoms with Crippen molar-refractivity contribution in [1.29, 1.82) is 0 Å². The summed E-state index contributed by atoms with van der Waals surface area (Å²) in [5.74, 6) is 0.276. The Morgan fingerprint density at radius 3 is 2.37 bits per heavy atom. The van der Waals surface area contributed by atoms with Gasteiger partial charge in [-0.15, -0.1) is 11.3 Å². The molecular weight excluding hydrogens is 398 g/mol. The van der Waals surface area contributed by atoms with Gasteiger partial charge in [0.25, 0.3) is 0 Å². The average Bonchev–Trinajstić information content (AvgIpc) is 2.99. The second-order valence-electron chi connectivity index (χ2n) is 7.97. The maximum atomic E-state index is 12.4. The van der Waals surface area contributed by atoms with Gasteiger partial charge in [-0.1, -0.05) is 32.9 Å². The van der Waals surface area contributed by atoms with Gasteiger partial charge in [-0.3, -0.25) is 4.79 Å². The largest absolute Gasteiger partial charge is 0.494 e. The lowest BCUT2D eigenvalue weighted by Crippen LogP contribution is -2.15. The van der Waals surface area contributed by atoms with Gasteiger partial charge in [0.15, 0.2) is 0 Å². The topological polar surface area (TPSA) is 64.6 Å². The van der Waals surface area contributed by atoms with Crippen molar-refractivity contribution in [1.82, 2.24) is 0 Å². The molecule has 2 rings (SSSR count). The number of ether oxygens (including phenoxy) is 2. The number of rotatable bonds is 10. The molecule has 30 heavy (non-hydrogen) atoms. The summed E-state index contributed by atoms with van der Waals surface area (Å²) in [5, 5.41) is 3.42. The van der Waals surface area contributed by atoms with E-state index in [1.165, 1.54) is 16.9 Å². The summed E-state index contributed by atoms with van der Waals surface area (Å²) in [7, 11) is 0. The van der Waals surface area contributed by atoms with E-state index in [0.717, 1.165) is 22.6 Å². The number of nitrogens with one attached hydrogen (secondary N) is 1. The number of benzene rings is 1. The van der Waals surface area contributed by atoms with Gasteiger partial charge in [0, 0.05) is 11.3 Å². The standard InChI is InChI=1S/C24H33NO4S/c1-7-24(5,6)18-11-13-19(14-12-18)29-15-9-10-20(26)25-22-21(23(27)28-8-2)16(3)17(4)30-22/h11-14H,7-10,15H2,1-6H3,(H,25,26). The van der Waals surface area contributed by atoms with Crippen LogP contribution in [0.25, 0.3) is 0 Å². The van der Waals surface area contributed by atoms with Gasteiger partial charge in [-0.25, -0.2) is 4.79 Å². The molecule has 0 aliphatic carbocycles. The second-order valence-corrected chi connectivity index (χ2v) is 9.19. The minimum Gasteiger partial charge on any atom is -0.494 e. The Labute approximate surface area is 183 Å². The number of aryl methyl sites for hydroxylation is 1. The van der Waals surface area contributed by atoms with Crippen molar-refractivity contribution in [3.8, 4) is 5.75 Å². The van der Waals surface area contributed by atoms with E-state index in [1.807, 2.05) is 26.0 Å². The zero-order valence-electron chi connectivity index (χ0n) is 18.9. The first-order valence-electron chi connectivity index (χ1n) is 10.5. The van der Waals surface area contributed by atoms with Gasteiger partial charge in [0.2, 0.25) is 5.91 Å². The van der Waals surface area contributed by atoms with Crippen LogP contribution in [0.4, 0.5) is 5.00 Å². The fourth-order valence-corrected chi connectivity index (χ4v) is 4.05. The van der Waals surface area contributed by atoms with E-state index >= 15 is 0 Å². The Morgan fingerprint density at radius 1 is 1.10 bits per heavy atom. The van der Waals surface area contributed by atoms with Gasteiger partial charge in [-0.05, 0) is 62.3 Å². The SMILES string of the molecule is CCOC(=O)c1c(NC(=O)CCCOc2ccc(C(C)(C)CC)cc2)sc(C)c1C. The third kappa shape index (κ3) is 6.08. The van der Waals surface area contributed by atoms with E-state index in [2.05, 4.69) is 38.2 Å². The van der Waals surface area contributed by atoms with E-state index in [0.29, 0.717) is 36.6 Å². The van der Waals surface area contributed by atoms with Crippen LogP contribution in [0.1, 0.15) is 73.3 Å². The van der Waals surface area contributed by atoms with Gasteiger partial charge >= 0.3 is 5.97 Å². The van der Waals surface area contributed by atoms with Crippen molar-refractivity contribution in [3.63, 3.8) is 0 Å². The number of anilines is 1. The van der Waals surface area contributed by atoms with Crippen LogP contribution >= 0.6 is 11.3 Å². The van der Waals surface area contributed by atoms with Crippen LogP contribution in [0.3, 0.4) is 0 Å². The first-order chi connectivity index (χ1) is 14.2. The van der Waals surface area contributed by atoms with Crippen molar-refractivity contribution in [3.05, 3.63) is 45.8 Å². The van der Waals surface area contributed by atoms with Crippen LogP contribution in [0.2, 0.25) is 0 Å². The Balaban J connectivity index is 1.85. The van der Waals surface area contributed by atoms with Crippen LogP contribution in [0.5, 0.6) is 5.75 Å². The fourth-order valence-electron chi connectivity index (χ4n) is 2.98. The summed E-state index contributed by atoms with van der Waals surface area (Å²) in [4.78, 5) is 25.6. The Hall–Kier alpha value is -2.34. The molecule has 1 aromatic heterocycles. The van der Waals surface area contributed by atoms with Gasteiger partial charge in [0.1, 0.15) is 10.8 Å². The maximum absolute atomic E-state index is 12.4. The third-order valence-corrected chi connectivity index (χ3v) is 6.58. The monoisotopic (exact) mass is 431 g/mol. The second kappa shape index (κ2) is 10.6. The molecule has 1 amide bonds. The molecule has 0 saturated heterocycles. The minimum atomic E-state index is -0.396. The number of amides is 1. The summed E-state index contributed by atoms with van der Waals surface area (Å²) >= 11 is 1.40. The molecule has 1 heterocycles. The molecule has 0 bridgehead atoms. The molecule has 2 aromatic rings. The van der Waals surface area contributed by atoms with Crippen molar-refractivity contribution in [2.45, 2.75) is 66.2 Å². The highest BCUT2D eigenvalue weighted by Gasteiger charge is 2.22. The van der Waals surface area contributed by atoms with Crippen LogP contribution in [0, 0.1) is 13.8 Å². The molecule has 0 aliphatic heterocycles. The number of hydrogen-bond donors (Lipinski definition) is 1. The third-order valence-electron chi connectivity index (χ3n) is 5.45. The van der Waals surface area contributed by atoms with E-state index in [-0.39, 0.29) is 11.3 Å². The van der Waals surface area contributed by atoms with Crippen LogP contribution in [-0.4, -0.2) is 25.1 Å². The normalized spacial score (nSPS) is 11.3. The van der Waals surface area contributed by atoms with E-state index < -0.39 is 5.97 Å². The number of carbonyl (C=O) groups is 2. The molecular formula is C24H33NO4S. The molecule has 0 unspecified atom stereocenters. The molecule has 0 radical (unpaired) electrons. The van der Waals surface area contributed by atoms with Crippen LogP contribution in [-0.2, 0) is 14.9 Å². The molecule has 0 spiro atoms. The molecule has 0 fully saturated rings. The fraction of sp³-hybridized carbons (Fsp3) is 0.500. The number of hydrogen-bond acceptors (Lipinski definition) is 5. The Bertz CT molecular complexity index is 868. The van der Waals surface area contributed by atoms with E-state index in [4.69, 9.17) is 9.47 Å². The Kier molecular flexibility index (Phi) is 8.47. The van der Waals surface area contributed by atoms with E-state index in [1.54, 1.807) is 6.92 Å². The molecule has 1 aromatic carbocycles. The molecule has 6 heteroatoms. The summed E-state index contributed by atoms with van der Waals surface area (Å²) in [6.45, 7) is 13.0. The highest BCUT2D eigenvalue weighted by Crippen LogP contribution is 2.33. The van der Waals surface area contributed by atoms with Gasteiger partial charge < -0.3 is 14.8 Å². The van der Waals surface area contributed by atoms with Crippen molar-refractivity contribution in [2.24, 2.45) is 0 Å². The highest BCUT2D eigenvalue weighted by molar-refractivity contribution is 7.16. The lowest BCUT2D eigenvalue weighted by atomic mass is 9.82. The van der Waals surface area contributed by atoms with Gasteiger partial charge in [0.05, 0.1) is 18.8 Å². The zero-order valence-corrected chi connectivity index (χ0v) is 19.7. The van der Waals surface area contributed by atoms with Crippen LogP contribution < -0.4 is 10.1 Å². The average molecular weight is 432 g/mol. The van der Waals surface area contributed by atoms with E-state index in [9.17, 15) is 9.59 Å². The molecule has 0 atom stereocenters. The summed E-state index contributed by atoms with van der Waals surface area (Å²) in [6, 6.07) is 8.17. The highest BCUT2D eigenvalue weighted by atomic mass is 32.1. The summed E-state index contributed by atoms with van der Waals surface area (Å²) < 4.78 is 10.9. The van der Waals surface area contributed by atoms with Gasteiger partial charge in [-0.2, -0.15) is 0 Å². The Morgan fingerprint density at radius 2 is 1.77 bits per heavy atom. The smallest absolute Gasteiger partial charge is 0.341 e. The predicted octanol–water partition coefficient (Wildman–Crippen LogP) is 6.03. The van der Waals surface area contributed by atoms with Crippen LogP contribution in [0.15, 0.2) is 24.3 Å². The quantitative estimate of drug-likeness (QED) is 0.369. The lowest BCUT2D eigenvalue weighted by Gasteiger charge is -2.23. The molecule has 164 valence electrons. The molecule has 1 N–H and O–H groups in total. The predicted molar refractivity (Wildman–Crippen MR) is 123 cm³/mol. The number of carbonyl (C=O) groups excluding carboxylic acids is 2.